The van der Waals surface area contributed by atoms with Gasteiger partial charge in [-0.2, -0.15) is 13.2 Å². The Kier molecular flexibility index (Phi) is 6.21. The molecule has 0 amide bonds. The van der Waals surface area contributed by atoms with Gasteiger partial charge in [0.2, 0.25) is 0 Å². The number of benzene rings is 2. The fraction of sp³-hybridized carbons (Fsp3) is 0.263. The number of rotatable bonds is 4. The minimum absolute atomic E-state index is 0. The molecule has 30 heavy (non-hydrogen) atoms. The van der Waals surface area contributed by atoms with Crippen molar-refractivity contribution in [1.29, 1.82) is 0 Å². The molecular weight excluding hydrogens is 443 g/mol. The van der Waals surface area contributed by atoms with Crippen molar-refractivity contribution >= 4 is 44.8 Å². The van der Waals surface area contributed by atoms with Crippen LogP contribution >= 0.6 is 12.4 Å². The van der Waals surface area contributed by atoms with Gasteiger partial charge in [-0.25, -0.2) is 8.42 Å². The summed E-state index contributed by atoms with van der Waals surface area (Å²) in [6.45, 7) is 3.07. The molecule has 11 heteroatoms. The molecule has 2 N–H and O–H groups in total. The lowest BCUT2D eigenvalue weighted by atomic mass is 10.2. The summed E-state index contributed by atoms with van der Waals surface area (Å²) >= 11 is 0. The zero-order valence-electron chi connectivity index (χ0n) is 15.6. The molecule has 1 saturated heterocycles. The fourth-order valence-corrected chi connectivity index (χ4v) is 4.34. The van der Waals surface area contributed by atoms with Crippen LogP contribution in [0.3, 0.4) is 0 Å². The van der Waals surface area contributed by atoms with E-state index >= 15 is 0 Å². The zero-order chi connectivity index (χ0) is 20.6. The second-order valence-corrected chi connectivity index (χ2v) is 8.38. The van der Waals surface area contributed by atoms with Gasteiger partial charge >= 0.3 is 6.18 Å². The first-order valence-electron chi connectivity index (χ1n) is 8.91. The average molecular weight is 462 g/mol. The Hall–Kier alpha value is -2.43. The summed E-state index contributed by atoms with van der Waals surface area (Å²) in [5, 5.41) is 3.98. The summed E-state index contributed by atoms with van der Waals surface area (Å²) in [5.74, 6) is 0. The van der Waals surface area contributed by atoms with Crippen molar-refractivity contribution in [2.24, 2.45) is 0 Å². The maximum absolute atomic E-state index is 12.7. The van der Waals surface area contributed by atoms with E-state index in [1.54, 1.807) is 18.2 Å². The normalized spacial score (nSPS) is 15.1. The number of hydrogen-bond donors (Lipinski definition) is 2. The molecule has 1 aliphatic heterocycles. The van der Waals surface area contributed by atoms with E-state index in [1.165, 1.54) is 6.26 Å². The Bertz CT molecular complexity index is 1130. The molecule has 1 fully saturated rings. The number of fused-ring (bicyclic) bond motifs is 1. The van der Waals surface area contributed by atoms with Gasteiger partial charge < -0.3 is 14.6 Å². The molecule has 4 rings (SSSR count). The fourth-order valence-electron chi connectivity index (χ4n) is 3.30. The van der Waals surface area contributed by atoms with Gasteiger partial charge in [-0.1, -0.05) is 0 Å². The molecule has 1 aromatic heterocycles. The third kappa shape index (κ3) is 4.50. The maximum atomic E-state index is 12.7. The molecular formula is C19H19ClF3N3O3S. The third-order valence-corrected chi connectivity index (χ3v) is 6.13. The minimum atomic E-state index is -4.53. The van der Waals surface area contributed by atoms with Crippen LogP contribution in [0.5, 0.6) is 0 Å². The molecule has 2 heterocycles. The summed E-state index contributed by atoms with van der Waals surface area (Å²) in [6.07, 6.45) is -3.00. The second-order valence-electron chi connectivity index (χ2n) is 6.70. The van der Waals surface area contributed by atoms with Crippen molar-refractivity contribution in [2.45, 2.75) is 11.1 Å². The lowest BCUT2D eigenvalue weighted by molar-refractivity contribution is -0.137. The van der Waals surface area contributed by atoms with Crippen LogP contribution in [0.2, 0.25) is 0 Å². The van der Waals surface area contributed by atoms with Gasteiger partial charge in [-0.05, 0) is 42.5 Å². The van der Waals surface area contributed by atoms with Gasteiger partial charge in [0.25, 0.3) is 10.0 Å². The summed E-state index contributed by atoms with van der Waals surface area (Å²) in [4.78, 5) is 1.85. The number of nitrogens with zero attached hydrogens (tertiary/aromatic N) is 1. The highest BCUT2D eigenvalue weighted by Crippen LogP contribution is 2.34. The number of alkyl halides is 3. The van der Waals surface area contributed by atoms with Gasteiger partial charge in [-0.15, -0.1) is 12.4 Å². The van der Waals surface area contributed by atoms with E-state index in [0.29, 0.717) is 11.3 Å². The molecule has 0 saturated carbocycles. The Morgan fingerprint density at radius 1 is 1.03 bits per heavy atom. The van der Waals surface area contributed by atoms with E-state index < -0.39 is 21.8 Å². The minimum Gasteiger partial charge on any atom is -0.462 e. The molecule has 0 aliphatic carbocycles. The number of anilines is 2. The van der Waals surface area contributed by atoms with Crippen molar-refractivity contribution in [2.75, 3.05) is 35.8 Å². The van der Waals surface area contributed by atoms with Gasteiger partial charge in [0.05, 0.1) is 28.1 Å². The van der Waals surface area contributed by atoms with E-state index in [0.717, 1.165) is 61.5 Å². The highest BCUT2D eigenvalue weighted by atomic mass is 35.5. The van der Waals surface area contributed by atoms with Crippen molar-refractivity contribution in [3.63, 3.8) is 0 Å². The van der Waals surface area contributed by atoms with Crippen molar-refractivity contribution in [3.05, 3.63) is 54.3 Å². The first-order chi connectivity index (χ1) is 13.7. The van der Waals surface area contributed by atoms with E-state index in [4.69, 9.17) is 4.42 Å². The largest absolute Gasteiger partial charge is 0.462 e. The number of sulfonamides is 1. The Morgan fingerprint density at radius 3 is 2.33 bits per heavy atom. The SMILES string of the molecule is Cl.O=S(=O)(Nc1cc(N2CCNCC2)c2occc2c1)c1ccc(C(F)(F)F)cc1. The topological polar surface area (TPSA) is 74.6 Å². The van der Waals surface area contributed by atoms with Gasteiger partial charge in [0.1, 0.15) is 0 Å². The van der Waals surface area contributed by atoms with Crippen LogP contribution in [-0.4, -0.2) is 34.6 Å². The van der Waals surface area contributed by atoms with Gasteiger partial charge in [-0.3, -0.25) is 4.72 Å². The monoisotopic (exact) mass is 461 g/mol. The lowest BCUT2D eigenvalue weighted by Gasteiger charge is -2.29. The molecule has 162 valence electrons. The summed E-state index contributed by atoms with van der Waals surface area (Å²) in [7, 11) is -4.05. The quantitative estimate of drug-likeness (QED) is 0.612. The molecule has 0 atom stereocenters. The Labute approximate surface area is 177 Å². The van der Waals surface area contributed by atoms with Gasteiger partial charge in [0, 0.05) is 31.6 Å². The number of halogens is 4. The highest BCUT2D eigenvalue weighted by molar-refractivity contribution is 7.92. The van der Waals surface area contributed by atoms with Crippen molar-refractivity contribution in [3.8, 4) is 0 Å². The van der Waals surface area contributed by atoms with E-state index in [-0.39, 0.29) is 17.3 Å². The summed E-state index contributed by atoms with van der Waals surface area (Å²) in [6, 6.07) is 8.43. The standard InChI is InChI=1S/C19H18F3N3O3S.ClH/c20-19(21,22)14-1-3-16(4-2-14)29(26,27)24-15-11-13-5-10-28-18(13)17(12-15)25-8-6-23-7-9-25;/h1-5,10-12,23-24H,6-9H2;1H. The summed E-state index contributed by atoms with van der Waals surface area (Å²) in [5.41, 5.74) is 0.827. The van der Waals surface area contributed by atoms with E-state index in [9.17, 15) is 21.6 Å². The predicted octanol–water partition coefficient (Wildman–Crippen LogP) is 4.08. The molecule has 6 nitrogen and oxygen atoms in total. The smallest absolute Gasteiger partial charge is 0.416 e. The average Bonchev–Trinajstić information content (AvgIpc) is 3.16. The molecule has 0 unspecified atom stereocenters. The Morgan fingerprint density at radius 2 is 1.70 bits per heavy atom. The van der Waals surface area contributed by atoms with Crippen LogP contribution in [0.1, 0.15) is 5.56 Å². The first kappa shape index (κ1) is 22.3. The van der Waals surface area contributed by atoms with E-state index in [1.807, 2.05) is 0 Å². The zero-order valence-corrected chi connectivity index (χ0v) is 17.2. The van der Waals surface area contributed by atoms with Crippen LogP contribution < -0.4 is 14.9 Å². The molecule has 0 spiro atoms. The van der Waals surface area contributed by atoms with Crippen LogP contribution in [0.25, 0.3) is 11.0 Å². The van der Waals surface area contributed by atoms with Gasteiger partial charge in [0.15, 0.2) is 5.58 Å². The Balaban J connectivity index is 0.00000256. The second kappa shape index (κ2) is 8.37. The van der Waals surface area contributed by atoms with Crippen LogP contribution in [0.15, 0.2) is 58.0 Å². The highest BCUT2D eigenvalue weighted by Gasteiger charge is 2.30. The lowest BCUT2D eigenvalue weighted by Crippen LogP contribution is -2.43. The molecule has 0 bridgehead atoms. The van der Waals surface area contributed by atoms with Crippen molar-refractivity contribution < 1.29 is 26.0 Å². The van der Waals surface area contributed by atoms with Crippen molar-refractivity contribution in [1.82, 2.24) is 5.32 Å². The number of furan rings is 1. The number of piperazine rings is 1. The maximum Gasteiger partial charge on any atom is 0.416 e. The third-order valence-electron chi connectivity index (χ3n) is 4.73. The van der Waals surface area contributed by atoms with Crippen LogP contribution in [-0.2, 0) is 16.2 Å². The number of hydrogen-bond acceptors (Lipinski definition) is 5. The van der Waals surface area contributed by atoms with E-state index in [2.05, 4.69) is 14.9 Å². The number of nitrogens with one attached hydrogen (secondary N) is 2. The molecule has 3 aromatic rings. The predicted molar refractivity (Wildman–Crippen MR) is 111 cm³/mol. The van der Waals surface area contributed by atoms with Crippen LogP contribution in [0, 0.1) is 0 Å². The van der Waals surface area contributed by atoms with Crippen LogP contribution in [0.4, 0.5) is 24.5 Å². The first-order valence-corrected chi connectivity index (χ1v) is 10.4. The molecule has 1 aliphatic rings. The molecule has 0 radical (unpaired) electrons. The molecule has 2 aromatic carbocycles. The summed E-state index contributed by atoms with van der Waals surface area (Å²) < 4.78 is 71.6.